The Balaban J connectivity index is 2.32. The van der Waals surface area contributed by atoms with E-state index in [1.807, 2.05) is 6.92 Å². The fourth-order valence-electron chi connectivity index (χ4n) is 1.86. The minimum absolute atomic E-state index is 0.0712. The number of carbonyl (C=O) groups excluding carboxylic acids is 1. The molecule has 6 nitrogen and oxygen atoms in total. The lowest BCUT2D eigenvalue weighted by atomic mass is 10.1. The Bertz CT molecular complexity index is 727. The van der Waals surface area contributed by atoms with Gasteiger partial charge >= 0.3 is 0 Å². The Hall–Kier alpha value is -2.70. The molecule has 3 N–H and O–H groups in total. The molecule has 0 fully saturated rings. The van der Waals surface area contributed by atoms with E-state index in [1.165, 1.54) is 24.4 Å². The number of primary amides is 1. The Morgan fingerprint density at radius 3 is 2.81 bits per heavy atom. The summed E-state index contributed by atoms with van der Waals surface area (Å²) in [5, 5.41) is 6.93. The van der Waals surface area contributed by atoms with Gasteiger partial charge in [0, 0.05) is 23.7 Å². The second kappa shape index (κ2) is 6.17. The predicted octanol–water partition coefficient (Wildman–Crippen LogP) is 0.961. The molecule has 0 radical (unpaired) electrons. The summed E-state index contributed by atoms with van der Waals surface area (Å²) in [6.07, 6.45) is 1.49. The molecular formula is C14H15FN4O2. The van der Waals surface area contributed by atoms with Gasteiger partial charge in [-0.1, -0.05) is 0 Å². The Morgan fingerprint density at radius 1 is 1.43 bits per heavy atom. The van der Waals surface area contributed by atoms with Crippen LogP contribution in [0.2, 0.25) is 0 Å². The molecule has 0 saturated heterocycles. The minimum Gasteiger partial charge on any atom is -0.384 e. The molecule has 110 valence electrons. The van der Waals surface area contributed by atoms with Gasteiger partial charge in [-0.05, 0) is 25.1 Å². The lowest BCUT2D eigenvalue weighted by Crippen LogP contribution is -2.24. The first-order valence-corrected chi connectivity index (χ1v) is 6.40. The number of hydrogen-bond donors (Lipinski definition) is 2. The zero-order chi connectivity index (χ0) is 15.4. The van der Waals surface area contributed by atoms with E-state index in [2.05, 4.69) is 10.4 Å². The number of halogens is 1. The number of benzene rings is 1. The van der Waals surface area contributed by atoms with Crippen LogP contribution >= 0.6 is 0 Å². The molecule has 0 bridgehead atoms. The van der Waals surface area contributed by atoms with Crippen molar-refractivity contribution in [3.63, 3.8) is 0 Å². The van der Waals surface area contributed by atoms with Crippen molar-refractivity contribution in [1.82, 2.24) is 9.78 Å². The maximum atomic E-state index is 13.7. The molecule has 1 heterocycles. The van der Waals surface area contributed by atoms with Crippen LogP contribution in [0.3, 0.4) is 0 Å². The van der Waals surface area contributed by atoms with E-state index in [0.29, 0.717) is 12.2 Å². The number of amides is 1. The van der Waals surface area contributed by atoms with Gasteiger partial charge in [-0.15, -0.1) is 0 Å². The number of nitrogens with two attached hydrogens (primary N) is 1. The number of anilines is 1. The molecule has 1 aromatic heterocycles. The first kappa shape index (κ1) is 14.7. The van der Waals surface area contributed by atoms with Crippen LogP contribution in [-0.2, 0) is 6.54 Å². The van der Waals surface area contributed by atoms with Gasteiger partial charge in [-0.25, -0.2) is 9.07 Å². The van der Waals surface area contributed by atoms with Crippen molar-refractivity contribution in [1.29, 1.82) is 0 Å². The number of carbonyl (C=O) groups is 1. The highest BCUT2D eigenvalue weighted by atomic mass is 19.1. The predicted molar refractivity (Wildman–Crippen MR) is 76.7 cm³/mol. The zero-order valence-electron chi connectivity index (χ0n) is 11.5. The molecule has 1 aromatic carbocycles. The van der Waals surface area contributed by atoms with Crippen LogP contribution in [0.15, 0.2) is 35.3 Å². The monoisotopic (exact) mass is 290 g/mol. The summed E-state index contributed by atoms with van der Waals surface area (Å²) in [6.45, 7) is 2.49. The summed E-state index contributed by atoms with van der Waals surface area (Å²) in [5.74, 6) is -1.18. The Kier molecular flexibility index (Phi) is 4.32. The fraction of sp³-hybridized carbons (Fsp3) is 0.214. The molecule has 0 spiro atoms. The highest BCUT2D eigenvalue weighted by Crippen LogP contribution is 2.11. The van der Waals surface area contributed by atoms with E-state index in [0.717, 1.165) is 10.7 Å². The Morgan fingerprint density at radius 2 is 2.19 bits per heavy atom. The zero-order valence-corrected chi connectivity index (χ0v) is 11.5. The van der Waals surface area contributed by atoms with E-state index in [-0.39, 0.29) is 23.2 Å². The van der Waals surface area contributed by atoms with E-state index in [9.17, 15) is 14.0 Å². The number of hydrogen-bond acceptors (Lipinski definition) is 4. The Labute approximate surface area is 120 Å². The maximum absolute atomic E-state index is 13.7. The van der Waals surface area contributed by atoms with Crippen LogP contribution in [0, 0.1) is 5.82 Å². The van der Waals surface area contributed by atoms with E-state index in [1.54, 1.807) is 0 Å². The lowest BCUT2D eigenvalue weighted by Gasteiger charge is -2.08. The highest BCUT2D eigenvalue weighted by Gasteiger charge is 2.09. The molecule has 2 aromatic rings. The van der Waals surface area contributed by atoms with Crippen molar-refractivity contribution in [2.24, 2.45) is 5.73 Å². The molecule has 0 aliphatic heterocycles. The van der Waals surface area contributed by atoms with E-state index < -0.39 is 11.7 Å². The third-order valence-electron chi connectivity index (χ3n) is 2.90. The van der Waals surface area contributed by atoms with Gasteiger partial charge in [0.1, 0.15) is 5.82 Å². The normalized spacial score (nSPS) is 10.4. The van der Waals surface area contributed by atoms with Crippen molar-refractivity contribution in [2.45, 2.75) is 13.5 Å². The van der Waals surface area contributed by atoms with Crippen LogP contribution < -0.4 is 16.6 Å². The summed E-state index contributed by atoms with van der Waals surface area (Å²) in [4.78, 5) is 23.0. The van der Waals surface area contributed by atoms with Gasteiger partial charge in [-0.3, -0.25) is 9.59 Å². The van der Waals surface area contributed by atoms with Gasteiger partial charge in [0.25, 0.3) is 5.56 Å². The topological polar surface area (TPSA) is 90.0 Å². The largest absolute Gasteiger partial charge is 0.384 e. The van der Waals surface area contributed by atoms with Crippen molar-refractivity contribution in [2.75, 3.05) is 11.9 Å². The van der Waals surface area contributed by atoms with Gasteiger partial charge in [0.15, 0.2) is 0 Å². The standard InChI is InChI=1S/C14H15FN4O2/c1-2-17-11-6-13(20)19(18-7-11)8-10-5-9(14(16)21)3-4-12(10)15/h3-7,17H,2,8H2,1H3,(H2,16,21). The molecule has 1 amide bonds. The minimum atomic E-state index is -0.654. The first-order valence-electron chi connectivity index (χ1n) is 6.40. The second-order valence-electron chi connectivity index (χ2n) is 4.44. The molecule has 0 aliphatic carbocycles. The third kappa shape index (κ3) is 3.44. The summed E-state index contributed by atoms with van der Waals surface area (Å²) in [6, 6.07) is 5.15. The van der Waals surface area contributed by atoms with Crippen LogP contribution in [0.5, 0.6) is 0 Å². The fourth-order valence-corrected chi connectivity index (χ4v) is 1.86. The summed E-state index contributed by atoms with van der Waals surface area (Å²) in [7, 11) is 0. The maximum Gasteiger partial charge on any atom is 0.269 e. The summed E-state index contributed by atoms with van der Waals surface area (Å²) >= 11 is 0. The van der Waals surface area contributed by atoms with Gasteiger partial charge in [-0.2, -0.15) is 5.10 Å². The van der Waals surface area contributed by atoms with Gasteiger partial charge in [0.05, 0.1) is 18.4 Å². The van der Waals surface area contributed by atoms with Gasteiger partial charge < -0.3 is 11.1 Å². The van der Waals surface area contributed by atoms with Gasteiger partial charge in [0.2, 0.25) is 5.91 Å². The van der Waals surface area contributed by atoms with Crippen molar-refractivity contribution in [3.8, 4) is 0 Å². The summed E-state index contributed by atoms with van der Waals surface area (Å²) < 4.78 is 14.9. The molecule has 0 aliphatic rings. The molecule has 7 heteroatoms. The number of aromatic nitrogens is 2. The highest BCUT2D eigenvalue weighted by molar-refractivity contribution is 5.92. The molecular weight excluding hydrogens is 275 g/mol. The molecule has 0 saturated carbocycles. The van der Waals surface area contributed by atoms with E-state index >= 15 is 0 Å². The molecule has 2 rings (SSSR count). The molecule has 0 unspecified atom stereocenters. The van der Waals surface area contributed by atoms with Crippen LogP contribution in [0.25, 0.3) is 0 Å². The van der Waals surface area contributed by atoms with Crippen molar-refractivity contribution >= 4 is 11.6 Å². The van der Waals surface area contributed by atoms with Crippen LogP contribution in [0.1, 0.15) is 22.8 Å². The third-order valence-corrected chi connectivity index (χ3v) is 2.90. The number of rotatable bonds is 5. The second-order valence-corrected chi connectivity index (χ2v) is 4.44. The summed E-state index contributed by atoms with van der Waals surface area (Å²) in [5.41, 5.74) is 5.76. The van der Waals surface area contributed by atoms with Crippen molar-refractivity contribution in [3.05, 3.63) is 57.8 Å². The SMILES string of the molecule is CCNc1cnn(Cc2cc(C(N)=O)ccc2F)c(=O)c1. The lowest BCUT2D eigenvalue weighted by molar-refractivity contribution is 0.1000. The number of nitrogens with zero attached hydrogens (tertiary/aromatic N) is 2. The average molecular weight is 290 g/mol. The van der Waals surface area contributed by atoms with Crippen LogP contribution in [0.4, 0.5) is 10.1 Å². The number of nitrogens with one attached hydrogen (secondary N) is 1. The smallest absolute Gasteiger partial charge is 0.269 e. The average Bonchev–Trinajstić information content (AvgIpc) is 2.44. The quantitative estimate of drug-likeness (QED) is 0.858. The molecule has 0 atom stereocenters. The molecule has 21 heavy (non-hydrogen) atoms. The van der Waals surface area contributed by atoms with Crippen molar-refractivity contribution < 1.29 is 9.18 Å². The van der Waals surface area contributed by atoms with Crippen LogP contribution in [-0.4, -0.2) is 22.2 Å². The first-order chi connectivity index (χ1) is 10.0. The van der Waals surface area contributed by atoms with E-state index in [4.69, 9.17) is 5.73 Å².